The second-order valence-corrected chi connectivity index (χ2v) is 6.17. The van der Waals surface area contributed by atoms with Crippen LogP contribution < -0.4 is 0 Å². The summed E-state index contributed by atoms with van der Waals surface area (Å²) in [6.45, 7) is 11.3. The summed E-state index contributed by atoms with van der Waals surface area (Å²) in [5.74, 6) is -0.178. The van der Waals surface area contributed by atoms with Crippen molar-refractivity contribution in [2.75, 3.05) is 0 Å². The minimum atomic E-state index is -0.954. The van der Waals surface area contributed by atoms with E-state index in [1.54, 1.807) is 13.8 Å². The van der Waals surface area contributed by atoms with E-state index in [-0.39, 0.29) is 17.5 Å². The zero-order chi connectivity index (χ0) is 15.5. The van der Waals surface area contributed by atoms with Gasteiger partial charge in [-0.05, 0) is 43.9 Å². The third-order valence-corrected chi connectivity index (χ3v) is 3.92. The summed E-state index contributed by atoms with van der Waals surface area (Å²) >= 11 is 0. The van der Waals surface area contributed by atoms with E-state index in [0.717, 1.165) is 24.0 Å². The number of carbonyl (C=O) groups excluding carboxylic acids is 2. The molecule has 0 fully saturated rings. The van der Waals surface area contributed by atoms with Gasteiger partial charge in [0.25, 0.3) is 0 Å². The van der Waals surface area contributed by atoms with Crippen molar-refractivity contribution >= 4 is 11.6 Å². The van der Waals surface area contributed by atoms with Crippen LogP contribution in [-0.4, -0.2) is 11.6 Å². The largest absolute Gasteiger partial charge is 0.298 e. The minimum Gasteiger partial charge on any atom is -0.298 e. The van der Waals surface area contributed by atoms with E-state index in [4.69, 9.17) is 0 Å². The van der Waals surface area contributed by atoms with Crippen LogP contribution in [0.3, 0.4) is 0 Å². The van der Waals surface area contributed by atoms with Gasteiger partial charge in [0.1, 0.15) is 5.78 Å². The normalized spacial score (nSPS) is 11.8. The first kappa shape index (κ1) is 16.6. The molecule has 0 N–H and O–H groups in total. The van der Waals surface area contributed by atoms with Gasteiger partial charge in [-0.15, -0.1) is 0 Å². The standard InChI is InChI=1S/C18H26O2/c1-7-13-9-10-14(8-2)15(11-13)17(20)18(5,6)16(19)12(3)4/h9-12H,7-8H2,1-6H3. The van der Waals surface area contributed by atoms with Crippen molar-refractivity contribution in [3.8, 4) is 0 Å². The van der Waals surface area contributed by atoms with E-state index in [2.05, 4.69) is 13.0 Å². The Morgan fingerprint density at radius 2 is 1.70 bits per heavy atom. The Labute approximate surface area is 122 Å². The molecule has 2 heteroatoms. The van der Waals surface area contributed by atoms with Gasteiger partial charge in [-0.3, -0.25) is 9.59 Å². The van der Waals surface area contributed by atoms with Crippen LogP contribution in [0.5, 0.6) is 0 Å². The maximum atomic E-state index is 12.8. The molecule has 0 aliphatic heterocycles. The van der Waals surface area contributed by atoms with Crippen molar-refractivity contribution in [3.05, 3.63) is 34.9 Å². The lowest BCUT2D eigenvalue weighted by Crippen LogP contribution is -2.37. The van der Waals surface area contributed by atoms with E-state index in [1.165, 1.54) is 0 Å². The van der Waals surface area contributed by atoms with E-state index in [9.17, 15) is 9.59 Å². The van der Waals surface area contributed by atoms with Crippen LogP contribution >= 0.6 is 0 Å². The molecule has 1 rings (SSSR count). The lowest BCUT2D eigenvalue weighted by Gasteiger charge is -2.25. The van der Waals surface area contributed by atoms with Gasteiger partial charge in [0.15, 0.2) is 5.78 Å². The molecule has 2 nitrogen and oxygen atoms in total. The van der Waals surface area contributed by atoms with Crippen LogP contribution in [0.15, 0.2) is 18.2 Å². The van der Waals surface area contributed by atoms with E-state index >= 15 is 0 Å². The maximum Gasteiger partial charge on any atom is 0.176 e. The second-order valence-electron chi connectivity index (χ2n) is 6.17. The quantitative estimate of drug-likeness (QED) is 0.574. The topological polar surface area (TPSA) is 34.1 Å². The Morgan fingerprint density at radius 1 is 1.10 bits per heavy atom. The number of rotatable bonds is 6. The van der Waals surface area contributed by atoms with Crippen LogP contribution in [0.4, 0.5) is 0 Å². The fourth-order valence-electron chi connectivity index (χ4n) is 2.53. The SMILES string of the molecule is CCc1ccc(CC)c(C(=O)C(C)(C)C(=O)C(C)C)c1. The molecular formula is C18H26O2. The third-order valence-electron chi connectivity index (χ3n) is 3.92. The summed E-state index contributed by atoms with van der Waals surface area (Å²) in [4.78, 5) is 25.2. The lowest BCUT2D eigenvalue weighted by atomic mass is 9.75. The van der Waals surface area contributed by atoms with Crippen LogP contribution in [0.1, 0.15) is 63.0 Å². The molecule has 1 aromatic rings. The number of carbonyl (C=O) groups is 2. The lowest BCUT2D eigenvalue weighted by molar-refractivity contribution is -0.127. The Hall–Kier alpha value is -1.44. The van der Waals surface area contributed by atoms with Crippen molar-refractivity contribution in [1.82, 2.24) is 0 Å². The van der Waals surface area contributed by atoms with E-state index < -0.39 is 5.41 Å². The summed E-state index contributed by atoms with van der Waals surface area (Å²) in [7, 11) is 0. The van der Waals surface area contributed by atoms with Crippen molar-refractivity contribution in [2.24, 2.45) is 11.3 Å². The smallest absolute Gasteiger partial charge is 0.176 e. The third kappa shape index (κ3) is 3.17. The highest BCUT2D eigenvalue weighted by molar-refractivity contribution is 6.15. The van der Waals surface area contributed by atoms with Crippen molar-refractivity contribution in [2.45, 2.75) is 54.4 Å². The van der Waals surface area contributed by atoms with Crippen molar-refractivity contribution in [3.63, 3.8) is 0 Å². The number of ketones is 2. The zero-order valence-electron chi connectivity index (χ0n) is 13.5. The molecule has 110 valence electrons. The average molecular weight is 274 g/mol. The average Bonchev–Trinajstić information content (AvgIpc) is 2.44. The van der Waals surface area contributed by atoms with Crippen LogP contribution in [0.25, 0.3) is 0 Å². The first-order valence-electron chi connectivity index (χ1n) is 7.46. The Bertz CT molecular complexity index is 510. The van der Waals surface area contributed by atoms with E-state index in [1.807, 2.05) is 32.9 Å². The molecule has 0 aliphatic rings. The molecule has 20 heavy (non-hydrogen) atoms. The minimum absolute atomic E-state index is 0.00598. The predicted octanol–water partition coefficient (Wildman–Crippen LogP) is 4.25. The molecule has 0 spiro atoms. The molecule has 0 unspecified atom stereocenters. The highest BCUT2D eigenvalue weighted by Crippen LogP contribution is 2.29. The molecule has 0 bridgehead atoms. The van der Waals surface area contributed by atoms with Gasteiger partial charge >= 0.3 is 0 Å². The van der Waals surface area contributed by atoms with Gasteiger partial charge < -0.3 is 0 Å². The Kier molecular flexibility index (Phi) is 5.27. The van der Waals surface area contributed by atoms with Gasteiger partial charge in [0.2, 0.25) is 0 Å². The molecule has 0 aromatic heterocycles. The van der Waals surface area contributed by atoms with Crippen LogP contribution in [0.2, 0.25) is 0 Å². The molecule has 1 aromatic carbocycles. The first-order chi connectivity index (χ1) is 9.25. The van der Waals surface area contributed by atoms with Gasteiger partial charge in [-0.1, -0.05) is 39.8 Å². The molecule has 0 atom stereocenters. The maximum absolute atomic E-state index is 12.8. The number of benzene rings is 1. The van der Waals surface area contributed by atoms with Crippen molar-refractivity contribution < 1.29 is 9.59 Å². The molecule has 0 heterocycles. The van der Waals surface area contributed by atoms with Gasteiger partial charge in [0, 0.05) is 11.5 Å². The predicted molar refractivity (Wildman–Crippen MR) is 83.2 cm³/mol. The fraction of sp³-hybridized carbons (Fsp3) is 0.556. The molecular weight excluding hydrogens is 248 g/mol. The van der Waals surface area contributed by atoms with E-state index in [0.29, 0.717) is 5.56 Å². The monoisotopic (exact) mass is 274 g/mol. The number of hydrogen-bond acceptors (Lipinski definition) is 2. The van der Waals surface area contributed by atoms with Crippen LogP contribution in [0, 0.1) is 11.3 Å². The van der Waals surface area contributed by atoms with Crippen LogP contribution in [-0.2, 0) is 17.6 Å². The Morgan fingerprint density at radius 3 is 2.15 bits per heavy atom. The Balaban J connectivity index is 3.29. The molecule has 0 amide bonds. The fourth-order valence-corrected chi connectivity index (χ4v) is 2.53. The molecule has 0 saturated heterocycles. The molecule has 0 aliphatic carbocycles. The number of aryl methyl sites for hydroxylation is 2. The molecule has 0 saturated carbocycles. The summed E-state index contributed by atoms with van der Waals surface area (Å²) in [6, 6.07) is 6.03. The highest BCUT2D eigenvalue weighted by Gasteiger charge is 2.38. The summed E-state index contributed by atoms with van der Waals surface area (Å²) in [5.41, 5.74) is 1.92. The van der Waals surface area contributed by atoms with Gasteiger partial charge in [-0.25, -0.2) is 0 Å². The zero-order valence-corrected chi connectivity index (χ0v) is 13.5. The number of Topliss-reactive ketones (excluding diaryl/α,β-unsaturated/α-hetero) is 2. The number of hydrogen-bond donors (Lipinski definition) is 0. The van der Waals surface area contributed by atoms with Gasteiger partial charge in [-0.2, -0.15) is 0 Å². The summed E-state index contributed by atoms with van der Waals surface area (Å²) in [5, 5.41) is 0. The molecule has 0 radical (unpaired) electrons. The van der Waals surface area contributed by atoms with Crippen molar-refractivity contribution in [1.29, 1.82) is 0 Å². The summed E-state index contributed by atoms with van der Waals surface area (Å²) in [6.07, 6.45) is 1.69. The second kappa shape index (κ2) is 6.34. The highest BCUT2D eigenvalue weighted by atomic mass is 16.2. The summed E-state index contributed by atoms with van der Waals surface area (Å²) < 4.78 is 0. The first-order valence-corrected chi connectivity index (χ1v) is 7.46. The van der Waals surface area contributed by atoms with Gasteiger partial charge in [0.05, 0.1) is 5.41 Å².